The van der Waals surface area contributed by atoms with Gasteiger partial charge in [-0.25, -0.2) is 0 Å². The molecule has 0 bridgehead atoms. The molecule has 2 heteroatoms. The van der Waals surface area contributed by atoms with Gasteiger partial charge < -0.3 is 0 Å². The summed E-state index contributed by atoms with van der Waals surface area (Å²) in [7, 11) is 0. The molecule has 0 aliphatic carbocycles. The summed E-state index contributed by atoms with van der Waals surface area (Å²) in [5, 5.41) is 0. The molecule has 164 valence electrons. The summed E-state index contributed by atoms with van der Waals surface area (Å²) in [5.41, 5.74) is 2.93. The lowest BCUT2D eigenvalue weighted by Gasteiger charge is -2.08. The Labute approximate surface area is 184 Å². The highest BCUT2D eigenvalue weighted by atomic mass is 16.1. The van der Waals surface area contributed by atoms with Gasteiger partial charge in [-0.15, -0.1) is 0 Å². The fourth-order valence-corrected chi connectivity index (χ4v) is 4.07. The first kappa shape index (κ1) is 24.3. The van der Waals surface area contributed by atoms with Gasteiger partial charge in [0.1, 0.15) is 5.69 Å². The molecule has 0 fully saturated rings. The molecule has 0 spiro atoms. The number of benzene rings is 1. The SMILES string of the molecule is CCCCCCCCCCCCCCCC(=O)c1ncccc1Cc1ccccc1. The Morgan fingerprint density at radius 3 is 1.87 bits per heavy atom. The molecule has 0 unspecified atom stereocenters. The molecule has 0 N–H and O–H groups in total. The van der Waals surface area contributed by atoms with Gasteiger partial charge >= 0.3 is 0 Å². The maximum absolute atomic E-state index is 12.7. The average molecular weight is 408 g/mol. The zero-order chi connectivity index (χ0) is 21.3. The van der Waals surface area contributed by atoms with Crippen molar-refractivity contribution in [3.05, 3.63) is 65.5 Å². The maximum Gasteiger partial charge on any atom is 0.181 e. The van der Waals surface area contributed by atoms with Crippen molar-refractivity contribution >= 4 is 5.78 Å². The molecule has 0 atom stereocenters. The quantitative estimate of drug-likeness (QED) is 0.195. The number of aromatic nitrogens is 1. The van der Waals surface area contributed by atoms with E-state index >= 15 is 0 Å². The Hall–Kier alpha value is -1.96. The number of hydrogen-bond acceptors (Lipinski definition) is 2. The molecule has 0 amide bonds. The monoisotopic (exact) mass is 407 g/mol. The van der Waals surface area contributed by atoms with Crippen LogP contribution in [0.2, 0.25) is 0 Å². The van der Waals surface area contributed by atoms with Crippen LogP contribution in [0.25, 0.3) is 0 Å². The van der Waals surface area contributed by atoms with Crippen LogP contribution in [0.15, 0.2) is 48.7 Å². The third-order valence-corrected chi connectivity index (χ3v) is 5.90. The summed E-state index contributed by atoms with van der Waals surface area (Å²) < 4.78 is 0. The predicted molar refractivity (Wildman–Crippen MR) is 128 cm³/mol. The van der Waals surface area contributed by atoms with E-state index < -0.39 is 0 Å². The molecule has 0 aliphatic rings. The Balaban J connectivity index is 1.55. The van der Waals surface area contributed by atoms with Crippen LogP contribution >= 0.6 is 0 Å². The van der Waals surface area contributed by atoms with Crippen LogP contribution in [0.1, 0.15) is 118 Å². The van der Waals surface area contributed by atoms with E-state index in [1.807, 2.05) is 30.3 Å². The van der Waals surface area contributed by atoms with Gasteiger partial charge in [0.05, 0.1) is 0 Å². The van der Waals surface area contributed by atoms with Gasteiger partial charge in [0.25, 0.3) is 0 Å². The Morgan fingerprint density at radius 2 is 1.27 bits per heavy atom. The first-order valence-corrected chi connectivity index (χ1v) is 12.3. The van der Waals surface area contributed by atoms with Crippen LogP contribution in [0.4, 0.5) is 0 Å². The van der Waals surface area contributed by atoms with E-state index in [0.29, 0.717) is 12.1 Å². The van der Waals surface area contributed by atoms with E-state index in [4.69, 9.17) is 0 Å². The summed E-state index contributed by atoms with van der Waals surface area (Å²) in [6.45, 7) is 2.28. The van der Waals surface area contributed by atoms with Gasteiger partial charge in [-0.05, 0) is 30.0 Å². The lowest BCUT2D eigenvalue weighted by atomic mass is 9.99. The molecule has 0 saturated heterocycles. The van der Waals surface area contributed by atoms with Crippen LogP contribution in [0, 0.1) is 0 Å². The molecule has 0 radical (unpaired) electrons. The van der Waals surface area contributed by atoms with Gasteiger partial charge in [-0.1, -0.05) is 120 Å². The van der Waals surface area contributed by atoms with Crippen LogP contribution in [-0.2, 0) is 6.42 Å². The fraction of sp³-hybridized carbons (Fsp3) is 0.571. The zero-order valence-electron chi connectivity index (χ0n) is 19.1. The maximum atomic E-state index is 12.7. The van der Waals surface area contributed by atoms with Gasteiger partial charge in [-0.2, -0.15) is 0 Å². The molecule has 1 aromatic heterocycles. The zero-order valence-corrected chi connectivity index (χ0v) is 19.1. The minimum Gasteiger partial charge on any atom is -0.292 e. The lowest BCUT2D eigenvalue weighted by molar-refractivity contribution is 0.0973. The van der Waals surface area contributed by atoms with Crippen LogP contribution in [0.3, 0.4) is 0 Å². The summed E-state index contributed by atoms with van der Waals surface area (Å²) in [4.78, 5) is 17.1. The number of rotatable bonds is 17. The number of carbonyl (C=O) groups is 1. The fourth-order valence-electron chi connectivity index (χ4n) is 4.07. The highest BCUT2D eigenvalue weighted by Crippen LogP contribution is 2.17. The summed E-state index contributed by atoms with van der Waals surface area (Å²) in [6.07, 6.45) is 20.4. The van der Waals surface area contributed by atoms with Crippen molar-refractivity contribution in [2.24, 2.45) is 0 Å². The topological polar surface area (TPSA) is 30.0 Å². The second-order valence-corrected chi connectivity index (χ2v) is 8.59. The molecule has 30 heavy (non-hydrogen) atoms. The minimum atomic E-state index is 0.199. The van der Waals surface area contributed by atoms with E-state index in [1.165, 1.54) is 76.2 Å². The standard InChI is InChI=1S/C28H41NO/c1-2-3-4-5-6-7-8-9-10-11-12-13-17-22-27(30)28-26(21-18-23-29-28)24-25-19-15-14-16-20-25/h14-16,18-21,23H,2-13,17,22,24H2,1H3. The number of ketones is 1. The summed E-state index contributed by atoms with van der Waals surface area (Å²) in [6, 6.07) is 14.3. The van der Waals surface area contributed by atoms with Crippen LogP contribution in [-0.4, -0.2) is 10.8 Å². The number of nitrogens with zero attached hydrogens (tertiary/aromatic N) is 1. The van der Waals surface area contributed by atoms with Crippen molar-refractivity contribution in [1.82, 2.24) is 4.98 Å². The molecule has 2 rings (SSSR count). The largest absolute Gasteiger partial charge is 0.292 e. The van der Waals surface area contributed by atoms with Crippen molar-refractivity contribution in [3.8, 4) is 0 Å². The second-order valence-electron chi connectivity index (χ2n) is 8.59. The number of Topliss-reactive ketones (excluding diaryl/α,β-unsaturated/α-hetero) is 1. The van der Waals surface area contributed by atoms with Gasteiger partial charge in [0.15, 0.2) is 5.78 Å². The van der Waals surface area contributed by atoms with Crippen LogP contribution < -0.4 is 0 Å². The van der Waals surface area contributed by atoms with E-state index in [1.54, 1.807) is 6.20 Å². The lowest BCUT2D eigenvalue weighted by Crippen LogP contribution is -2.07. The minimum absolute atomic E-state index is 0.199. The van der Waals surface area contributed by atoms with Gasteiger partial charge in [0, 0.05) is 12.6 Å². The molecule has 1 heterocycles. The molecular formula is C28H41NO. The Morgan fingerprint density at radius 1 is 0.700 bits per heavy atom. The highest BCUT2D eigenvalue weighted by molar-refractivity contribution is 5.95. The highest BCUT2D eigenvalue weighted by Gasteiger charge is 2.12. The first-order chi connectivity index (χ1) is 14.8. The molecule has 2 nitrogen and oxygen atoms in total. The predicted octanol–water partition coefficient (Wildman–Crippen LogP) is 8.34. The third kappa shape index (κ3) is 10.2. The molecule has 0 aliphatic heterocycles. The smallest absolute Gasteiger partial charge is 0.181 e. The number of unbranched alkanes of at least 4 members (excludes halogenated alkanes) is 12. The van der Waals surface area contributed by atoms with Crippen molar-refractivity contribution in [2.45, 2.75) is 103 Å². The second kappa shape index (κ2) is 15.8. The average Bonchev–Trinajstić information content (AvgIpc) is 2.78. The summed E-state index contributed by atoms with van der Waals surface area (Å²) >= 11 is 0. The number of hydrogen-bond donors (Lipinski definition) is 0. The first-order valence-electron chi connectivity index (χ1n) is 12.3. The van der Waals surface area contributed by atoms with Crippen molar-refractivity contribution < 1.29 is 4.79 Å². The van der Waals surface area contributed by atoms with Crippen LogP contribution in [0.5, 0.6) is 0 Å². The molecular weight excluding hydrogens is 366 g/mol. The van der Waals surface area contributed by atoms with Crippen molar-refractivity contribution in [3.63, 3.8) is 0 Å². The van der Waals surface area contributed by atoms with E-state index in [-0.39, 0.29) is 5.78 Å². The summed E-state index contributed by atoms with van der Waals surface area (Å²) in [5.74, 6) is 0.199. The number of carbonyl (C=O) groups excluding carboxylic acids is 1. The molecule has 2 aromatic rings. The van der Waals surface area contributed by atoms with E-state index in [9.17, 15) is 4.79 Å². The van der Waals surface area contributed by atoms with Crippen molar-refractivity contribution in [1.29, 1.82) is 0 Å². The van der Waals surface area contributed by atoms with Gasteiger partial charge in [0.2, 0.25) is 0 Å². The number of pyridine rings is 1. The Kier molecular flexibility index (Phi) is 12.8. The third-order valence-electron chi connectivity index (χ3n) is 5.90. The van der Waals surface area contributed by atoms with E-state index in [2.05, 4.69) is 24.0 Å². The Bertz CT molecular complexity index is 695. The normalized spacial score (nSPS) is 11.0. The van der Waals surface area contributed by atoms with Gasteiger partial charge in [-0.3, -0.25) is 9.78 Å². The molecule has 1 aromatic carbocycles. The molecule has 0 saturated carbocycles. The van der Waals surface area contributed by atoms with Crippen molar-refractivity contribution in [2.75, 3.05) is 0 Å². The van der Waals surface area contributed by atoms with E-state index in [0.717, 1.165) is 24.8 Å².